The molecule has 0 radical (unpaired) electrons. The van der Waals surface area contributed by atoms with Gasteiger partial charge in [-0.1, -0.05) is 31.4 Å². The van der Waals surface area contributed by atoms with Gasteiger partial charge in [0.2, 0.25) is 0 Å². The largest absolute Gasteiger partial charge is 0.372 e. The molecule has 2 saturated heterocycles. The Labute approximate surface area is 148 Å². The van der Waals surface area contributed by atoms with Gasteiger partial charge < -0.3 is 10.2 Å². The number of urea groups is 1. The van der Waals surface area contributed by atoms with Crippen LogP contribution in [0.15, 0.2) is 30.0 Å². The van der Waals surface area contributed by atoms with Crippen molar-refractivity contribution in [2.75, 3.05) is 18.0 Å². The van der Waals surface area contributed by atoms with Gasteiger partial charge in [0.1, 0.15) is 5.70 Å². The maximum Gasteiger partial charge on any atom is 0.329 e. The number of benzene rings is 1. The van der Waals surface area contributed by atoms with Crippen molar-refractivity contribution < 1.29 is 9.59 Å². The zero-order valence-electron chi connectivity index (χ0n) is 14.5. The maximum atomic E-state index is 12.7. The lowest BCUT2D eigenvalue weighted by Gasteiger charge is -2.28. The van der Waals surface area contributed by atoms with Crippen LogP contribution in [0.25, 0.3) is 6.08 Å². The molecular weight excluding hydrogens is 314 g/mol. The summed E-state index contributed by atoms with van der Waals surface area (Å²) >= 11 is 0. The second-order valence-corrected chi connectivity index (χ2v) is 7.24. The molecule has 0 atom stereocenters. The summed E-state index contributed by atoms with van der Waals surface area (Å²) in [5, 5.41) is 2.76. The van der Waals surface area contributed by atoms with Crippen LogP contribution < -0.4 is 10.2 Å². The standard InChI is InChI=1S/C20H25N3O2/c24-19-18(21-20(25)23(19)17-6-2-1-3-7-17)14-15-8-10-16(11-9-15)22-12-4-5-13-22/h8-11,14,17H,1-7,12-13H2,(H,21,25)/b18-14-. The van der Waals surface area contributed by atoms with Gasteiger partial charge >= 0.3 is 6.03 Å². The molecule has 1 aromatic rings. The Hall–Kier alpha value is -2.30. The van der Waals surface area contributed by atoms with Crippen LogP contribution in [0.1, 0.15) is 50.5 Å². The van der Waals surface area contributed by atoms with E-state index in [9.17, 15) is 9.59 Å². The maximum absolute atomic E-state index is 12.7. The van der Waals surface area contributed by atoms with Crippen molar-refractivity contribution >= 4 is 23.7 Å². The minimum atomic E-state index is -0.267. The summed E-state index contributed by atoms with van der Waals surface area (Å²) in [7, 11) is 0. The zero-order valence-corrected chi connectivity index (χ0v) is 14.5. The quantitative estimate of drug-likeness (QED) is 0.677. The summed E-state index contributed by atoms with van der Waals surface area (Å²) in [6.07, 6.45) is 9.54. The number of carbonyl (C=O) groups excluding carboxylic acids is 2. The summed E-state index contributed by atoms with van der Waals surface area (Å²) in [6.45, 7) is 2.23. The van der Waals surface area contributed by atoms with Crippen LogP contribution in [0.5, 0.6) is 0 Å². The summed E-state index contributed by atoms with van der Waals surface area (Å²) in [5.41, 5.74) is 2.56. The smallest absolute Gasteiger partial charge is 0.329 e. The Bertz CT molecular complexity index is 683. The molecule has 1 aromatic carbocycles. The predicted molar refractivity (Wildman–Crippen MR) is 98.1 cm³/mol. The molecule has 2 heterocycles. The molecule has 25 heavy (non-hydrogen) atoms. The normalized spacial score (nSPS) is 23.6. The topological polar surface area (TPSA) is 52.7 Å². The number of nitrogens with zero attached hydrogens (tertiary/aromatic N) is 2. The SMILES string of the molecule is O=C1N/C(=C\c2ccc(N3CCCC3)cc2)C(=O)N1C1CCCCC1. The molecule has 2 aliphatic heterocycles. The number of hydrogen-bond donors (Lipinski definition) is 1. The van der Waals surface area contributed by atoms with Gasteiger partial charge in [0.25, 0.3) is 5.91 Å². The Morgan fingerprint density at radius 1 is 0.920 bits per heavy atom. The van der Waals surface area contributed by atoms with E-state index in [-0.39, 0.29) is 18.0 Å². The Kier molecular flexibility index (Phi) is 4.47. The third-order valence-corrected chi connectivity index (χ3v) is 5.52. The predicted octanol–water partition coefficient (Wildman–Crippen LogP) is 3.51. The van der Waals surface area contributed by atoms with Gasteiger partial charge in [-0.25, -0.2) is 4.79 Å². The van der Waals surface area contributed by atoms with Gasteiger partial charge in [-0.05, 0) is 49.5 Å². The molecule has 4 rings (SSSR count). The van der Waals surface area contributed by atoms with E-state index >= 15 is 0 Å². The van der Waals surface area contributed by atoms with Crippen LogP contribution in [-0.4, -0.2) is 36.0 Å². The first-order valence-electron chi connectivity index (χ1n) is 9.43. The van der Waals surface area contributed by atoms with Crippen LogP contribution in [0.3, 0.4) is 0 Å². The first-order valence-corrected chi connectivity index (χ1v) is 9.43. The summed E-state index contributed by atoms with van der Waals surface area (Å²) < 4.78 is 0. The van der Waals surface area contributed by atoms with E-state index in [1.807, 2.05) is 12.1 Å². The van der Waals surface area contributed by atoms with Gasteiger partial charge in [0.05, 0.1) is 0 Å². The van der Waals surface area contributed by atoms with Gasteiger partial charge in [0.15, 0.2) is 0 Å². The average Bonchev–Trinajstić information content (AvgIpc) is 3.26. The van der Waals surface area contributed by atoms with Crippen LogP contribution in [-0.2, 0) is 4.79 Å². The minimum absolute atomic E-state index is 0.0599. The fourth-order valence-electron chi connectivity index (χ4n) is 4.14. The highest BCUT2D eigenvalue weighted by Gasteiger charge is 2.38. The van der Waals surface area contributed by atoms with Gasteiger partial charge in [0, 0.05) is 24.8 Å². The number of carbonyl (C=O) groups is 2. The van der Waals surface area contributed by atoms with Crippen molar-refractivity contribution in [2.24, 2.45) is 0 Å². The number of hydrogen-bond acceptors (Lipinski definition) is 3. The van der Waals surface area contributed by atoms with Gasteiger partial charge in [-0.15, -0.1) is 0 Å². The van der Waals surface area contributed by atoms with E-state index in [1.165, 1.54) is 29.8 Å². The Morgan fingerprint density at radius 2 is 1.60 bits per heavy atom. The molecule has 0 spiro atoms. The van der Waals surface area contributed by atoms with Crippen LogP contribution in [0.4, 0.5) is 10.5 Å². The second-order valence-electron chi connectivity index (χ2n) is 7.24. The molecule has 5 heteroatoms. The molecular formula is C20H25N3O2. The van der Waals surface area contributed by atoms with Crippen LogP contribution >= 0.6 is 0 Å². The van der Waals surface area contributed by atoms with E-state index in [2.05, 4.69) is 22.3 Å². The molecule has 3 amide bonds. The van der Waals surface area contributed by atoms with E-state index in [0.717, 1.165) is 44.3 Å². The van der Waals surface area contributed by atoms with Crippen molar-refractivity contribution in [1.82, 2.24) is 10.2 Å². The van der Waals surface area contributed by atoms with E-state index in [1.54, 1.807) is 6.08 Å². The summed E-state index contributed by atoms with van der Waals surface area (Å²) in [6, 6.07) is 8.02. The number of rotatable bonds is 3. The third-order valence-electron chi connectivity index (χ3n) is 5.52. The highest BCUT2D eigenvalue weighted by Crippen LogP contribution is 2.27. The van der Waals surface area contributed by atoms with Crippen molar-refractivity contribution in [2.45, 2.75) is 51.0 Å². The molecule has 3 aliphatic rings. The highest BCUT2D eigenvalue weighted by molar-refractivity contribution is 6.14. The Balaban J connectivity index is 1.49. The monoisotopic (exact) mass is 339 g/mol. The number of amides is 3. The lowest BCUT2D eigenvalue weighted by atomic mass is 9.94. The minimum Gasteiger partial charge on any atom is -0.372 e. The first kappa shape index (κ1) is 16.2. The molecule has 5 nitrogen and oxygen atoms in total. The molecule has 0 aromatic heterocycles. The highest BCUT2D eigenvalue weighted by atomic mass is 16.2. The summed E-state index contributed by atoms with van der Waals surface area (Å²) in [4.78, 5) is 28.7. The lowest BCUT2D eigenvalue weighted by Crippen LogP contribution is -2.41. The number of imide groups is 1. The second kappa shape index (κ2) is 6.90. The lowest BCUT2D eigenvalue weighted by molar-refractivity contribution is -0.124. The molecule has 3 fully saturated rings. The van der Waals surface area contributed by atoms with Crippen LogP contribution in [0, 0.1) is 0 Å². The number of anilines is 1. The molecule has 1 N–H and O–H groups in total. The number of nitrogens with one attached hydrogen (secondary N) is 1. The Morgan fingerprint density at radius 3 is 2.28 bits per heavy atom. The van der Waals surface area contributed by atoms with Gasteiger partial charge in [-0.3, -0.25) is 9.69 Å². The van der Waals surface area contributed by atoms with Crippen LogP contribution in [0.2, 0.25) is 0 Å². The van der Waals surface area contributed by atoms with Gasteiger partial charge in [-0.2, -0.15) is 0 Å². The van der Waals surface area contributed by atoms with E-state index in [0.29, 0.717) is 5.70 Å². The molecule has 1 saturated carbocycles. The molecule has 0 bridgehead atoms. The summed E-state index contributed by atoms with van der Waals surface area (Å²) in [5.74, 6) is -0.180. The molecule has 1 aliphatic carbocycles. The van der Waals surface area contributed by atoms with Crippen molar-refractivity contribution in [3.63, 3.8) is 0 Å². The molecule has 132 valence electrons. The van der Waals surface area contributed by atoms with E-state index in [4.69, 9.17) is 0 Å². The van der Waals surface area contributed by atoms with E-state index < -0.39 is 0 Å². The zero-order chi connectivity index (χ0) is 17.2. The molecule has 0 unspecified atom stereocenters. The first-order chi connectivity index (χ1) is 12.2. The average molecular weight is 339 g/mol. The fourth-order valence-corrected chi connectivity index (χ4v) is 4.14. The van der Waals surface area contributed by atoms with Crippen molar-refractivity contribution in [3.8, 4) is 0 Å². The van der Waals surface area contributed by atoms with Crippen molar-refractivity contribution in [1.29, 1.82) is 0 Å². The third kappa shape index (κ3) is 3.28. The van der Waals surface area contributed by atoms with Crippen molar-refractivity contribution in [3.05, 3.63) is 35.5 Å². The fraction of sp³-hybridized carbons (Fsp3) is 0.500.